The van der Waals surface area contributed by atoms with Crippen molar-refractivity contribution in [2.45, 2.75) is 45.3 Å². The Morgan fingerprint density at radius 1 is 1.19 bits per heavy atom. The van der Waals surface area contributed by atoms with Crippen molar-refractivity contribution < 1.29 is 0 Å². The topological polar surface area (TPSA) is 48.7 Å². The molecule has 1 aliphatic carbocycles. The third-order valence-corrected chi connectivity index (χ3v) is 5.84. The summed E-state index contributed by atoms with van der Waals surface area (Å²) in [5.41, 5.74) is 2.26. The molecule has 2 aromatic rings. The maximum absolute atomic E-state index is 5.00. The van der Waals surface area contributed by atoms with E-state index in [-0.39, 0.29) is 6.17 Å². The van der Waals surface area contributed by atoms with Gasteiger partial charge in [-0.15, -0.1) is 0 Å². The lowest BCUT2D eigenvalue weighted by Crippen LogP contribution is -2.59. The number of nitrogens with zero attached hydrogens (tertiary/aromatic N) is 5. The second-order valence-electron chi connectivity index (χ2n) is 7.78. The van der Waals surface area contributed by atoms with E-state index >= 15 is 0 Å². The van der Waals surface area contributed by atoms with Crippen LogP contribution in [0.4, 0.5) is 5.95 Å². The van der Waals surface area contributed by atoms with Crippen molar-refractivity contribution >= 4 is 22.9 Å². The Kier molecular flexibility index (Phi) is 3.74. The van der Waals surface area contributed by atoms with Crippen LogP contribution >= 0.6 is 0 Å². The van der Waals surface area contributed by atoms with Crippen molar-refractivity contribution in [1.29, 1.82) is 0 Å². The van der Waals surface area contributed by atoms with Gasteiger partial charge in [0.15, 0.2) is 0 Å². The molecule has 0 saturated carbocycles. The first-order chi connectivity index (χ1) is 12.7. The zero-order valence-electron chi connectivity index (χ0n) is 15.5. The lowest BCUT2D eigenvalue weighted by Gasteiger charge is -2.44. The van der Waals surface area contributed by atoms with Crippen LogP contribution in [0.1, 0.15) is 39.3 Å². The molecule has 0 fully saturated rings. The zero-order chi connectivity index (χ0) is 17.7. The van der Waals surface area contributed by atoms with Crippen LogP contribution < -0.4 is 10.2 Å². The van der Waals surface area contributed by atoms with E-state index in [0.717, 1.165) is 43.6 Å². The lowest BCUT2D eigenvalue weighted by molar-refractivity contribution is 0.212. The van der Waals surface area contributed by atoms with E-state index in [0.29, 0.717) is 12.0 Å². The monoisotopic (exact) mass is 350 g/mol. The van der Waals surface area contributed by atoms with E-state index in [1.165, 1.54) is 11.9 Å². The van der Waals surface area contributed by atoms with Crippen molar-refractivity contribution in [2.75, 3.05) is 18.2 Å². The van der Waals surface area contributed by atoms with Crippen molar-refractivity contribution in [3.8, 4) is 0 Å². The van der Waals surface area contributed by atoms with E-state index < -0.39 is 0 Å². The molecule has 1 aromatic carbocycles. The minimum atomic E-state index is 0.211. The molecular weight excluding hydrogens is 324 g/mol. The van der Waals surface area contributed by atoms with Crippen LogP contribution in [0, 0.1) is 5.92 Å². The molecule has 3 aliphatic rings. The first kappa shape index (κ1) is 15.9. The number of hydrogen-bond donors (Lipinski definition) is 1. The summed E-state index contributed by atoms with van der Waals surface area (Å²) in [5.74, 6) is 2.56. The Morgan fingerprint density at radius 2 is 2.08 bits per heavy atom. The van der Waals surface area contributed by atoms with Gasteiger partial charge in [0.25, 0.3) is 0 Å². The van der Waals surface area contributed by atoms with E-state index in [1.54, 1.807) is 0 Å². The first-order valence-corrected chi connectivity index (χ1v) is 9.67. The second-order valence-corrected chi connectivity index (χ2v) is 7.78. The average molecular weight is 350 g/mol. The lowest BCUT2D eigenvalue weighted by atomic mass is 9.91. The molecule has 5 rings (SSSR count). The number of rotatable bonds is 2. The molecule has 6 heteroatoms. The standard InChI is InChI=1S/C20H26N6/c1-14(2)24-12-21-19-23-18(15-8-4-3-5-9-15)26-17-11-7-6-10-16(17)22-20(26)25(19)13-24/h3-4,6-7,10-11,14-15,18H,5,8-9,12-13H2,1-2H3,(H,21,23)/t15-,18-/m1/s1. The maximum atomic E-state index is 5.00. The van der Waals surface area contributed by atoms with Crippen LogP contribution in [0.15, 0.2) is 41.4 Å². The van der Waals surface area contributed by atoms with E-state index in [9.17, 15) is 0 Å². The molecule has 26 heavy (non-hydrogen) atoms. The number of para-hydroxylation sites is 2. The van der Waals surface area contributed by atoms with Gasteiger partial charge in [-0.25, -0.2) is 9.98 Å². The van der Waals surface area contributed by atoms with Gasteiger partial charge < -0.3 is 5.32 Å². The van der Waals surface area contributed by atoms with Crippen molar-refractivity contribution in [1.82, 2.24) is 19.8 Å². The Balaban J connectivity index is 1.64. The van der Waals surface area contributed by atoms with E-state index in [2.05, 4.69) is 69.9 Å². The molecular formula is C20H26N6. The number of hydrogen-bond acceptors (Lipinski definition) is 5. The zero-order valence-corrected chi connectivity index (χ0v) is 15.5. The average Bonchev–Trinajstić information content (AvgIpc) is 3.07. The number of benzene rings is 1. The van der Waals surface area contributed by atoms with Gasteiger partial charge in [0, 0.05) is 12.0 Å². The summed E-state index contributed by atoms with van der Waals surface area (Å²) < 4.78 is 2.40. The van der Waals surface area contributed by atoms with Crippen LogP contribution in [0.5, 0.6) is 0 Å². The van der Waals surface area contributed by atoms with Crippen LogP contribution in [-0.2, 0) is 0 Å². The molecule has 0 spiro atoms. The van der Waals surface area contributed by atoms with Gasteiger partial charge in [0.2, 0.25) is 11.9 Å². The molecule has 136 valence electrons. The SMILES string of the molecule is CC(C)N1CN=C2N[C@@H]([C@@H]3CC=CCC3)n3c(nc4ccccc43)N2C1. The number of nitrogens with one attached hydrogen (secondary N) is 1. The maximum Gasteiger partial charge on any atom is 0.216 e. The van der Waals surface area contributed by atoms with Gasteiger partial charge in [-0.1, -0.05) is 24.3 Å². The van der Waals surface area contributed by atoms with E-state index in [4.69, 9.17) is 9.98 Å². The van der Waals surface area contributed by atoms with Crippen molar-refractivity contribution in [2.24, 2.45) is 10.9 Å². The molecule has 2 aliphatic heterocycles. The Hall–Kier alpha value is -2.34. The van der Waals surface area contributed by atoms with Gasteiger partial charge in [-0.05, 0) is 45.2 Å². The predicted molar refractivity (Wildman–Crippen MR) is 105 cm³/mol. The summed E-state index contributed by atoms with van der Waals surface area (Å²) in [4.78, 5) is 14.4. The highest BCUT2D eigenvalue weighted by atomic mass is 15.5. The quantitative estimate of drug-likeness (QED) is 0.845. The third kappa shape index (κ3) is 2.43. The molecule has 0 saturated heterocycles. The summed E-state index contributed by atoms with van der Waals surface area (Å²) >= 11 is 0. The third-order valence-electron chi connectivity index (χ3n) is 5.84. The summed E-state index contributed by atoms with van der Waals surface area (Å²) in [6.45, 7) is 6.01. The van der Waals surface area contributed by atoms with Crippen LogP contribution in [0.3, 0.4) is 0 Å². The number of fused-ring (bicyclic) bond motifs is 5. The summed E-state index contributed by atoms with van der Waals surface area (Å²) in [5, 5.41) is 3.76. The van der Waals surface area contributed by atoms with Crippen LogP contribution in [-0.4, -0.2) is 39.8 Å². The van der Waals surface area contributed by atoms with Gasteiger partial charge in [0.1, 0.15) is 6.17 Å². The summed E-state index contributed by atoms with van der Waals surface area (Å²) in [6.07, 6.45) is 8.30. The fourth-order valence-electron chi connectivity index (χ4n) is 4.27. The molecule has 1 N–H and O–H groups in total. The van der Waals surface area contributed by atoms with Gasteiger partial charge in [-0.2, -0.15) is 0 Å². The fourth-order valence-corrected chi connectivity index (χ4v) is 4.27. The minimum absolute atomic E-state index is 0.211. The number of anilines is 1. The number of allylic oxidation sites excluding steroid dienone is 2. The molecule has 2 atom stereocenters. The molecule has 0 amide bonds. The Labute approximate surface area is 154 Å². The number of imidazole rings is 1. The fraction of sp³-hybridized carbons (Fsp3) is 0.500. The first-order valence-electron chi connectivity index (χ1n) is 9.67. The summed E-state index contributed by atoms with van der Waals surface area (Å²) in [7, 11) is 0. The molecule has 3 heterocycles. The molecule has 0 unspecified atom stereocenters. The Morgan fingerprint density at radius 3 is 2.88 bits per heavy atom. The molecule has 0 bridgehead atoms. The van der Waals surface area contributed by atoms with Crippen LogP contribution in [0.25, 0.3) is 11.0 Å². The van der Waals surface area contributed by atoms with Crippen molar-refractivity contribution in [3.05, 3.63) is 36.4 Å². The smallest absolute Gasteiger partial charge is 0.216 e. The highest BCUT2D eigenvalue weighted by Gasteiger charge is 2.38. The van der Waals surface area contributed by atoms with E-state index in [1.807, 2.05) is 0 Å². The van der Waals surface area contributed by atoms with Crippen LogP contribution in [0.2, 0.25) is 0 Å². The number of guanidine groups is 1. The summed E-state index contributed by atoms with van der Waals surface area (Å²) in [6, 6.07) is 8.93. The Bertz CT molecular complexity index is 880. The van der Waals surface area contributed by atoms with Gasteiger partial charge in [0.05, 0.1) is 24.4 Å². The highest BCUT2D eigenvalue weighted by Crippen LogP contribution is 2.37. The largest absolute Gasteiger partial charge is 0.335 e. The molecule has 1 aromatic heterocycles. The van der Waals surface area contributed by atoms with Crippen molar-refractivity contribution in [3.63, 3.8) is 0 Å². The molecule has 6 nitrogen and oxygen atoms in total. The number of aliphatic imine (C=N–C) groups is 1. The van der Waals surface area contributed by atoms with Gasteiger partial charge >= 0.3 is 0 Å². The van der Waals surface area contributed by atoms with Gasteiger partial charge in [-0.3, -0.25) is 14.4 Å². The predicted octanol–water partition coefficient (Wildman–Crippen LogP) is 3.30. The highest BCUT2D eigenvalue weighted by molar-refractivity contribution is 5.98. The minimum Gasteiger partial charge on any atom is -0.335 e. The molecule has 0 radical (unpaired) electrons. The normalized spacial score (nSPS) is 25.8. The number of aromatic nitrogens is 2. The second kappa shape index (κ2) is 6.13.